The van der Waals surface area contributed by atoms with Crippen LogP contribution in [0, 0.1) is 0 Å². The van der Waals surface area contributed by atoms with Gasteiger partial charge in [-0.1, -0.05) is 0 Å². The molecule has 5 rings (SSSR count). The van der Waals surface area contributed by atoms with E-state index in [1.165, 1.54) is 4.31 Å². The Kier molecular flexibility index (Phi) is 3.69. The van der Waals surface area contributed by atoms with Gasteiger partial charge >= 0.3 is 6.18 Å². The van der Waals surface area contributed by atoms with Crippen LogP contribution < -0.4 is 4.90 Å². The minimum atomic E-state index is -4.48. The summed E-state index contributed by atoms with van der Waals surface area (Å²) in [6, 6.07) is 1.44. The van der Waals surface area contributed by atoms with E-state index < -0.39 is 28.4 Å². The number of imidazole rings is 1. The Morgan fingerprint density at radius 2 is 1.96 bits per heavy atom. The van der Waals surface area contributed by atoms with Gasteiger partial charge in [-0.05, 0) is 12.5 Å². The number of rotatable bonds is 4. The van der Waals surface area contributed by atoms with E-state index in [4.69, 9.17) is 0 Å². The summed E-state index contributed by atoms with van der Waals surface area (Å²) in [5.41, 5.74) is 2.40. The number of nitrogens with zero attached hydrogens (tertiary/aromatic N) is 5. The number of piperazine rings is 1. The van der Waals surface area contributed by atoms with E-state index in [1.807, 2.05) is 15.4 Å². The minimum Gasteiger partial charge on any atom is -0.345 e. The molecule has 0 saturated carbocycles. The topological polar surface area (TPSA) is 86.6 Å². The van der Waals surface area contributed by atoms with Gasteiger partial charge in [0, 0.05) is 31.4 Å². The molecule has 3 aromatic rings. The van der Waals surface area contributed by atoms with Crippen molar-refractivity contribution in [2.75, 3.05) is 23.7 Å². The Hall–Kier alpha value is -2.34. The summed E-state index contributed by atoms with van der Waals surface area (Å²) in [5, 5.41) is 0. The summed E-state index contributed by atoms with van der Waals surface area (Å²) >= 11 is 0. The van der Waals surface area contributed by atoms with Crippen molar-refractivity contribution in [1.29, 1.82) is 0 Å². The highest BCUT2D eigenvalue weighted by Gasteiger charge is 2.49. The first kappa shape index (κ1) is 17.7. The lowest BCUT2D eigenvalue weighted by molar-refractivity contribution is -0.130. The highest BCUT2D eigenvalue weighted by atomic mass is 32.2. The maximum atomic E-state index is 12.4. The van der Waals surface area contributed by atoms with Crippen molar-refractivity contribution in [2.24, 2.45) is 0 Å². The van der Waals surface area contributed by atoms with Gasteiger partial charge in [0.15, 0.2) is 5.65 Å². The van der Waals surface area contributed by atoms with Gasteiger partial charge in [-0.25, -0.2) is 18.4 Å². The van der Waals surface area contributed by atoms with E-state index in [9.17, 15) is 21.6 Å². The summed E-state index contributed by atoms with van der Waals surface area (Å²) < 4.78 is 65.3. The van der Waals surface area contributed by atoms with Crippen LogP contribution in [0.15, 0.2) is 24.7 Å². The molecule has 2 fully saturated rings. The van der Waals surface area contributed by atoms with Crippen LogP contribution in [0.2, 0.25) is 0 Å². The predicted molar refractivity (Wildman–Crippen MR) is 95.5 cm³/mol. The molecule has 12 heteroatoms. The normalized spacial score (nSPS) is 23.5. The molecule has 2 unspecified atom stereocenters. The lowest BCUT2D eigenvalue weighted by Crippen LogP contribution is -2.50. The van der Waals surface area contributed by atoms with Crippen molar-refractivity contribution in [2.45, 2.75) is 31.1 Å². The molecular formula is C16H17F3N6O2S. The third-order valence-corrected chi connectivity index (χ3v) is 7.37. The van der Waals surface area contributed by atoms with Crippen LogP contribution in [0.5, 0.6) is 0 Å². The molecule has 2 atom stereocenters. The zero-order valence-electron chi connectivity index (χ0n) is 14.6. The first-order valence-electron chi connectivity index (χ1n) is 8.85. The number of anilines is 1. The number of alkyl halides is 3. The van der Waals surface area contributed by atoms with Gasteiger partial charge in [-0.2, -0.15) is 17.5 Å². The van der Waals surface area contributed by atoms with Gasteiger partial charge in [0.25, 0.3) is 0 Å². The Balaban J connectivity index is 1.41. The minimum absolute atomic E-state index is 0.113. The van der Waals surface area contributed by atoms with Crippen molar-refractivity contribution >= 4 is 32.7 Å². The Bertz CT molecular complexity index is 1150. The van der Waals surface area contributed by atoms with Crippen molar-refractivity contribution in [3.8, 4) is 0 Å². The highest BCUT2D eigenvalue weighted by molar-refractivity contribution is 7.89. The maximum absolute atomic E-state index is 12.4. The van der Waals surface area contributed by atoms with Gasteiger partial charge in [0.2, 0.25) is 16.0 Å². The smallest absolute Gasteiger partial charge is 0.345 e. The molecule has 0 aliphatic carbocycles. The van der Waals surface area contributed by atoms with E-state index in [1.54, 1.807) is 18.6 Å². The van der Waals surface area contributed by atoms with Gasteiger partial charge in [0.05, 0.1) is 35.6 Å². The van der Waals surface area contributed by atoms with E-state index >= 15 is 0 Å². The van der Waals surface area contributed by atoms with Crippen molar-refractivity contribution in [1.82, 2.24) is 23.7 Å². The Labute approximate surface area is 158 Å². The molecule has 2 aliphatic rings. The standard InChI is InChI=1S/C16H17F3N6O2S/c17-16(18,19)2-4-28(26,27)24-9-10-5-11(24)8-23(10)15-22-7-12-6-21-14-13(25(12)15)1-3-20-14/h1,3,6-7,10-11,20H,2,4-5,8-9H2. The number of hydrogen-bond donors (Lipinski definition) is 1. The monoisotopic (exact) mass is 414 g/mol. The van der Waals surface area contributed by atoms with Crippen LogP contribution in [-0.4, -0.2) is 69.2 Å². The molecule has 0 radical (unpaired) electrons. The number of hydrogen-bond acceptors (Lipinski definition) is 5. The average molecular weight is 414 g/mol. The van der Waals surface area contributed by atoms with Gasteiger partial charge in [-0.15, -0.1) is 0 Å². The molecule has 3 aromatic heterocycles. The molecule has 0 aromatic carbocycles. The number of fused-ring (bicyclic) bond motifs is 5. The third kappa shape index (κ3) is 2.73. The second-order valence-corrected chi connectivity index (χ2v) is 9.28. The predicted octanol–water partition coefficient (Wildman–Crippen LogP) is 1.76. The summed E-state index contributed by atoms with van der Waals surface area (Å²) in [5.74, 6) is -0.205. The second kappa shape index (κ2) is 5.83. The molecule has 2 aliphatic heterocycles. The first-order valence-corrected chi connectivity index (χ1v) is 10.5. The zero-order valence-corrected chi connectivity index (χ0v) is 15.4. The van der Waals surface area contributed by atoms with Gasteiger partial charge in [-0.3, -0.25) is 4.40 Å². The molecule has 0 amide bonds. The average Bonchev–Trinajstić information content (AvgIpc) is 3.39. The highest BCUT2D eigenvalue weighted by Crippen LogP contribution is 2.37. The number of H-pyrrole nitrogens is 1. The summed E-state index contributed by atoms with van der Waals surface area (Å²) in [6.07, 6.45) is -0.0252. The lowest BCUT2D eigenvalue weighted by Gasteiger charge is -2.33. The number of aromatic nitrogens is 4. The molecule has 28 heavy (non-hydrogen) atoms. The lowest BCUT2D eigenvalue weighted by atomic mass is 10.2. The number of aromatic amines is 1. The Morgan fingerprint density at radius 1 is 1.18 bits per heavy atom. The number of halogens is 3. The zero-order chi connectivity index (χ0) is 19.7. The molecule has 2 bridgehead atoms. The van der Waals surface area contributed by atoms with Crippen LogP contribution in [0.3, 0.4) is 0 Å². The molecule has 150 valence electrons. The maximum Gasteiger partial charge on any atom is 0.390 e. The molecule has 8 nitrogen and oxygen atoms in total. The Morgan fingerprint density at radius 3 is 2.68 bits per heavy atom. The van der Waals surface area contributed by atoms with Gasteiger partial charge in [0.1, 0.15) is 0 Å². The fraction of sp³-hybridized carbons (Fsp3) is 0.500. The summed E-state index contributed by atoms with van der Waals surface area (Å²) in [4.78, 5) is 13.9. The third-order valence-electron chi connectivity index (χ3n) is 5.49. The molecular weight excluding hydrogens is 397 g/mol. The number of sulfonamides is 1. The van der Waals surface area contributed by atoms with Crippen LogP contribution >= 0.6 is 0 Å². The van der Waals surface area contributed by atoms with Crippen LogP contribution in [0.4, 0.5) is 19.1 Å². The van der Waals surface area contributed by atoms with Crippen LogP contribution in [-0.2, 0) is 10.0 Å². The number of nitrogens with one attached hydrogen (secondary N) is 1. The van der Waals surface area contributed by atoms with E-state index in [2.05, 4.69) is 15.0 Å². The molecule has 2 saturated heterocycles. The van der Waals surface area contributed by atoms with E-state index in [0.29, 0.717) is 24.6 Å². The van der Waals surface area contributed by atoms with Crippen LogP contribution in [0.25, 0.3) is 16.7 Å². The van der Waals surface area contributed by atoms with Crippen LogP contribution in [0.1, 0.15) is 12.8 Å². The molecule has 5 heterocycles. The van der Waals surface area contributed by atoms with Crippen molar-refractivity contribution < 1.29 is 21.6 Å². The summed E-state index contributed by atoms with van der Waals surface area (Å²) in [7, 11) is -3.94. The van der Waals surface area contributed by atoms with E-state index in [0.717, 1.165) is 11.0 Å². The van der Waals surface area contributed by atoms with Gasteiger partial charge < -0.3 is 9.88 Å². The molecule has 0 spiro atoms. The fourth-order valence-corrected chi connectivity index (χ4v) is 5.97. The molecule has 1 N–H and O–H groups in total. The largest absolute Gasteiger partial charge is 0.390 e. The quantitative estimate of drug-likeness (QED) is 0.703. The SMILES string of the molecule is O=S(=O)(CCC(F)(F)F)N1CC2CC1CN2c1ncc2cnc3[nH]ccc3n12. The summed E-state index contributed by atoms with van der Waals surface area (Å²) in [6.45, 7) is 0.588. The van der Waals surface area contributed by atoms with Crippen molar-refractivity contribution in [3.05, 3.63) is 24.7 Å². The first-order chi connectivity index (χ1) is 13.2. The fourth-order valence-electron chi connectivity index (χ4n) is 4.24. The van der Waals surface area contributed by atoms with Crippen molar-refractivity contribution in [3.63, 3.8) is 0 Å². The van der Waals surface area contributed by atoms with E-state index in [-0.39, 0.29) is 18.6 Å². The second-order valence-electron chi connectivity index (χ2n) is 7.23.